The van der Waals surface area contributed by atoms with Gasteiger partial charge in [-0.1, -0.05) is 30.3 Å². The van der Waals surface area contributed by atoms with E-state index in [9.17, 15) is 9.59 Å². The minimum Gasteiger partial charge on any atom is -0.464 e. The van der Waals surface area contributed by atoms with Gasteiger partial charge >= 0.3 is 12.1 Å². The summed E-state index contributed by atoms with van der Waals surface area (Å²) in [6.45, 7) is 12.2. The van der Waals surface area contributed by atoms with Crippen LogP contribution < -0.4 is 5.32 Å². The van der Waals surface area contributed by atoms with Crippen molar-refractivity contribution in [2.24, 2.45) is 5.92 Å². The minimum atomic E-state index is -0.883. The lowest BCUT2D eigenvalue weighted by molar-refractivity contribution is -0.148. The van der Waals surface area contributed by atoms with Crippen molar-refractivity contribution in [3.8, 4) is 0 Å². The molecule has 6 nitrogen and oxygen atoms in total. The predicted molar refractivity (Wildman–Crippen MR) is 109 cm³/mol. The molecule has 0 aromatic heterocycles. The molecular weight excluding hydrogens is 356 g/mol. The highest BCUT2D eigenvalue weighted by Gasteiger charge is 2.28. The van der Waals surface area contributed by atoms with Crippen molar-refractivity contribution in [3.05, 3.63) is 35.9 Å². The van der Waals surface area contributed by atoms with Gasteiger partial charge in [-0.15, -0.1) is 0 Å². The summed E-state index contributed by atoms with van der Waals surface area (Å²) in [4.78, 5) is 27.4. The molecule has 1 unspecified atom stereocenters. The Bertz CT molecular complexity index is 632. The lowest BCUT2D eigenvalue weighted by atomic mass is 9.97. The molecule has 1 heterocycles. The number of amides is 1. The highest BCUT2D eigenvalue weighted by molar-refractivity contribution is 5.82. The number of esters is 1. The molecule has 0 saturated carbocycles. The monoisotopic (exact) mass is 390 g/mol. The van der Waals surface area contributed by atoms with Gasteiger partial charge in [-0.2, -0.15) is 0 Å². The van der Waals surface area contributed by atoms with Gasteiger partial charge in [0.1, 0.15) is 5.60 Å². The first-order valence-corrected chi connectivity index (χ1v) is 10.1. The van der Waals surface area contributed by atoms with E-state index in [1.54, 1.807) is 32.9 Å². The van der Waals surface area contributed by atoms with Crippen LogP contribution in [0.4, 0.5) is 4.79 Å². The van der Waals surface area contributed by atoms with Gasteiger partial charge in [0.2, 0.25) is 0 Å². The van der Waals surface area contributed by atoms with Gasteiger partial charge in [-0.25, -0.2) is 9.59 Å². The maximum atomic E-state index is 12.8. The molecule has 0 aliphatic carbocycles. The van der Waals surface area contributed by atoms with Crippen LogP contribution in [0.5, 0.6) is 0 Å². The minimum absolute atomic E-state index is 0.358. The van der Waals surface area contributed by atoms with E-state index in [1.165, 1.54) is 0 Å². The van der Waals surface area contributed by atoms with Gasteiger partial charge in [0.05, 0.1) is 6.61 Å². The van der Waals surface area contributed by atoms with Crippen LogP contribution in [0.15, 0.2) is 30.3 Å². The van der Waals surface area contributed by atoms with E-state index in [4.69, 9.17) is 9.47 Å². The summed E-state index contributed by atoms with van der Waals surface area (Å²) in [6, 6.07) is 8.77. The lowest BCUT2D eigenvalue weighted by Crippen LogP contribution is -2.41. The predicted octanol–water partition coefficient (Wildman–Crippen LogP) is 3.92. The van der Waals surface area contributed by atoms with Gasteiger partial charge < -0.3 is 19.7 Å². The van der Waals surface area contributed by atoms with Crippen LogP contribution in [0.1, 0.15) is 59.1 Å². The highest BCUT2D eigenvalue weighted by Crippen LogP contribution is 2.21. The Morgan fingerprint density at radius 1 is 1.14 bits per heavy atom. The molecule has 1 aromatic carbocycles. The fraction of sp³-hybridized carbons (Fsp3) is 0.636. The van der Waals surface area contributed by atoms with Crippen molar-refractivity contribution in [3.63, 3.8) is 0 Å². The Labute approximate surface area is 168 Å². The fourth-order valence-corrected chi connectivity index (χ4v) is 3.27. The number of alkyl carbamates (subject to hydrolysis) is 1. The van der Waals surface area contributed by atoms with E-state index in [1.807, 2.05) is 18.2 Å². The van der Waals surface area contributed by atoms with Crippen molar-refractivity contribution in [1.82, 2.24) is 10.2 Å². The van der Waals surface area contributed by atoms with E-state index in [2.05, 4.69) is 24.1 Å². The number of piperidine rings is 1. The SMILES string of the molecule is CC(C)N1CCC(COC(=O)C(NC(=O)OC(C)(C)C)c2ccccc2)CC1. The number of rotatable bonds is 6. The van der Waals surface area contributed by atoms with Crippen LogP contribution in [0.2, 0.25) is 0 Å². The van der Waals surface area contributed by atoms with Crippen LogP contribution >= 0.6 is 0 Å². The fourth-order valence-electron chi connectivity index (χ4n) is 3.27. The van der Waals surface area contributed by atoms with Crippen LogP contribution in [0, 0.1) is 5.92 Å². The molecule has 1 aliphatic rings. The van der Waals surface area contributed by atoms with Crippen molar-refractivity contribution >= 4 is 12.1 Å². The molecule has 1 amide bonds. The summed E-state index contributed by atoms with van der Waals surface area (Å²) in [5.74, 6) is -0.0970. The number of hydrogen-bond acceptors (Lipinski definition) is 5. The Hall–Kier alpha value is -2.08. The maximum absolute atomic E-state index is 12.8. The third kappa shape index (κ3) is 7.15. The number of carbonyl (C=O) groups is 2. The second-order valence-electron chi connectivity index (χ2n) is 8.69. The Balaban J connectivity index is 1.95. The Morgan fingerprint density at radius 3 is 2.29 bits per heavy atom. The molecule has 1 aliphatic heterocycles. The molecule has 1 fully saturated rings. The summed E-state index contributed by atoms with van der Waals surface area (Å²) < 4.78 is 10.9. The largest absolute Gasteiger partial charge is 0.464 e. The number of likely N-dealkylation sites (tertiary alicyclic amines) is 1. The molecule has 1 aromatic rings. The number of nitrogens with one attached hydrogen (secondary N) is 1. The zero-order valence-corrected chi connectivity index (χ0v) is 17.7. The second kappa shape index (κ2) is 9.92. The van der Waals surface area contributed by atoms with Gasteiger partial charge in [0.25, 0.3) is 0 Å². The van der Waals surface area contributed by atoms with Gasteiger partial charge in [-0.05, 0) is 72.0 Å². The van der Waals surface area contributed by atoms with E-state index in [-0.39, 0.29) is 0 Å². The maximum Gasteiger partial charge on any atom is 0.408 e. The number of hydrogen-bond donors (Lipinski definition) is 1. The second-order valence-corrected chi connectivity index (χ2v) is 8.69. The molecule has 1 atom stereocenters. The summed E-state index contributed by atoms with van der Waals surface area (Å²) >= 11 is 0. The van der Waals surface area contributed by atoms with E-state index in [0.717, 1.165) is 25.9 Å². The molecule has 28 heavy (non-hydrogen) atoms. The van der Waals surface area contributed by atoms with Gasteiger partial charge in [0, 0.05) is 6.04 Å². The molecule has 0 spiro atoms. The average Bonchev–Trinajstić information content (AvgIpc) is 2.64. The van der Waals surface area contributed by atoms with Crippen LogP contribution in [0.25, 0.3) is 0 Å². The number of carbonyl (C=O) groups excluding carboxylic acids is 2. The highest BCUT2D eigenvalue weighted by atomic mass is 16.6. The molecular formula is C22H34N2O4. The summed E-state index contributed by atoms with van der Waals surface area (Å²) in [5, 5.41) is 2.66. The van der Waals surface area contributed by atoms with Crippen LogP contribution in [-0.4, -0.2) is 48.3 Å². The third-order valence-corrected chi connectivity index (χ3v) is 4.87. The molecule has 156 valence electrons. The first-order chi connectivity index (χ1) is 13.2. The van der Waals surface area contributed by atoms with Crippen molar-refractivity contribution in [1.29, 1.82) is 0 Å². The van der Waals surface area contributed by atoms with E-state index >= 15 is 0 Å². The molecule has 0 radical (unpaired) electrons. The topological polar surface area (TPSA) is 67.9 Å². The first kappa shape index (κ1) is 22.2. The zero-order chi connectivity index (χ0) is 20.7. The van der Waals surface area contributed by atoms with Crippen molar-refractivity contribution < 1.29 is 19.1 Å². The smallest absolute Gasteiger partial charge is 0.408 e. The van der Waals surface area contributed by atoms with Crippen LogP contribution in [0.3, 0.4) is 0 Å². The number of benzene rings is 1. The lowest BCUT2D eigenvalue weighted by Gasteiger charge is -2.34. The van der Waals surface area contributed by atoms with Crippen LogP contribution in [-0.2, 0) is 14.3 Å². The standard InChI is InChI=1S/C22H34N2O4/c1-16(2)24-13-11-17(12-14-24)15-27-20(25)19(18-9-7-6-8-10-18)23-21(26)28-22(3,4)5/h6-10,16-17,19H,11-15H2,1-5H3,(H,23,26). The summed E-state index contributed by atoms with van der Waals surface area (Å²) in [7, 11) is 0. The molecule has 1 saturated heterocycles. The molecule has 0 bridgehead atoms. The van der Waals surface area contributed by atoms with Gasteiger partial charge in [0.15, 0.2) is 6.04 Å². The normalized spacial score (nSPS) is 17.2. The zero-order valence-electron chi connectivity index (χ0n) is 17.7. The average molecular weight is 391 g/mol. The quantitative estimate of drug-likeness (QED) is 0.746. The van der Waals surface area contributed by atoms with E-state index < -0.39 is 23.7 Å². The van der Waals surface area contributed by atoms with Crippen molar-refractivity contribution in [2.45, 2.75) is 65.1 Å². The molecule has 2 rings (SSSR count). The van der Waals surface area contributed by atoms with E-state index in [0.29, 0.717) is 24.1 Å². The van der Waals surface area contributed by atoms with Crippen molar-refractivity contribution in [2.75, 3.05) is 19.7 Å². The van der Waals surface area contributed by atoms with Gasteiger partial charge in [-0.3, -0.25) is 0 Å². The Kier molecular flexibility index (Phi) is 7.87. The summed E-state index contributed by atoms with van der Waals surface area (Å²) in [6.07, 6.45) is 1.39. The molecule has 6 heteroatoms. The Morgan fingerprint density at radius 2 is 1.75 bits per heavy atom. The summed E-state index contributed by atoms with van der Waals surface area (Å²) in [5.41, 5.74) is 0.0348. The third-order valence-electron chi connectivity index (χ3n) is 4.87. The number of ether oxygens (including phenoxy) is 2. The number of nitrogens with zero attached hydrogens (tertiary/aromatic N) is 1. The first-order valence-electron chi connectivity index (χ1n) is 10.1. The molecule has 1 N–H and O–H groups in total.